The van der Waals surface area contributed by atoms with Crippen molar-refractivity contribution in [1.29, 1.82) is 0 Å². The molecule has 0 aliphatic carbocycles. The molecule has 0 radical (unpaired) electrons. The molecule has 4 rings (SSSR count). The zero-order valence-electron chi connectivity index (χ0n) is 17.2. The fraction of sp³-hybridized carbons (Fsp3) is 0.280. The highest BCUT2D eigenvalue weighted by molar-refractivity contribution is 5.94. The third kappa shape index (κ3) is 4.22. The van der Waals surface area contributed by atoms with Crippen molar-refractivity contribution in [3.8, 4) is 22.9 Å². The lowest BCUT2D eigenvalue weighted by Gasteiger charge is -2.25. The van der Waals surface area contributed by atoms with E-state index in [1.54, 1.807) is 0 Å². The lowest BCUT2D eigenvalue weighted by atomic mass is 9.81. The Balaban J connectivity index is 1.61. The lowest BCUT2D eigenvalue weighted by molar-refractivity contribution is 0.342. The minimum Gasteiger partial charge on any atom is -0.416 e. The molecule has 4 nitrogen and oxygen atoms in total. The summed E-state index contributed by atoms with van der Waals surface area (Å²) < 4.78 is 6.02. The van der Waals surface area contributed by atoms with Gasteiger partial charge in [-0.2, -0.15) is 0 Å². The van der Waals surface area contributed by atoms with Crippen molar-refractivity contribution in [2.75, 3.05) is 6.54 Å². The number of nitrogens with zero attached hydrogens (tertiary/aromatic N) is 2. The summed E-state index contributed by atoms with van der Waals surface area (Å²) in [4.78, 5) is 0. The standard InChI is InChI=1S/C25H27N3O/c1-25(2,3)15-20(16-26)17-11-13-19(14-12-17)23-27-28-24(29-23)22-10-6-8-18-7-4-5-9-21(18)22/h4-14,20H,15-16,26H2,1-3H3. The summed E-state index contributed by atoms with van der Waals surface area (Å²) in [7, 11) is 0. The topological polar surface area (TPSA) is 64.9 Å². The summed E-state index contributed by atoms with van der Waals surface area (Å²) in [6.45, 7) is 7.38. The van der Waals surface area contributed by atoms with Crippen LogP contribution in [0.4, 0.5) is 0 Å². The van der Waals surface area contributed by atoms with Gasteiger partial charge < -0.3 is 10.2 Å². The van der Waals surface area contributed by atoms with E-state index in [0.717, 1.165) is 28.3 Å². The predicted molar refractivity (Wildman–Crippen MR) is 119 cm³/mol. The van der Waals surface area contributed by atoms with Gasteiger partial charge in [0.2, 0.25) is 11.8 Å². The van der Waals surface area contributed by atoms with Crippen LogP contribution in [0, 0.1) is 5.41 Å². The van der Waals surface area contributed by atoms with Crippen molar-refractivity contribution in [2.45, 2.75) is 33.1 Å². The largest absolute Gasteiger partial charge is 0.416 e. The highest BCUT2D eigenvalue weighted by Crippen LogP contribution is 2.33. The van der Waals surface area contributed by atoms with Gasteiger partial charge in [0, 0.05) is 11.1 Å². The van der Waals surface area contributed by atoms with Crippen LogP contribution in [0.5, 0.6) is 0 Å². The molecular weight excluding hydrogens is 358 g/mol. The van der Waals surface area contributed by atoms with Gasteiger partial charge in [0.05, 0.1) is 0 Å². The molecular formula is C25H27N3O. The van der Waals surface area contributed by atoms with Gasteiger partial charge in [0.1, 0.15) is 0 Å². The first-order valence-electron chi connectivity index (χ1n) is 10.1. The van der Waals surface area contributed by atoms with E-state index in [0.29, 0.717) is 24.2 Å². The molecule has 4 heteroatoms. The van der Waals surface area contributed by atoms with Crippen LogP contribution in [0.25, 0.3) is 33.7 Å². The number of aromatic nitrogens is 2. The fourth-order valence-electron chi connectivity index (χ4n) is 3.83. The van der Waals surface area contributed by atoms with Crippen molar-refractivity contribution < 1.29 is 4.42 Å². The number of nitrogens with two attached hydrogens (primary N) is 1. The second-order valence-electron chi connectivity index (χ2n) is 8.76. The SMILES string of the molecule is CC(C)(C)CC(CN)c1ccc(-c2nnc(-c3cccc4ccccc34)o2)cc1. The smallest absolute Gasteiger partial charge is 0.248 e. The first-order chi connectivity index (χ1) is 13.9. The van der Waals surface area contributed by atoms with E-state index in [2.05, 4.69) is 61.3 Å². The molecule has 0 amide bonds. The maximum Gasteiger partial charge on any atom is 0.248 e. The summed E-state index contributed by atoms with van der Waals surface area (Å²) in [5, 5.41) is 10.8. The Hall–Kier alpha value is -2.98. The minimum atomic E-state index is 0.239. The van der Waals surface area contributed by atoms with Gasteiger partial charge in [-0.25, -0.2) is 0 Å². The number of fused-ring (bicyclic) bond motifs is 1. The van der Waals surface area contributed by atoms with Gasteiger partial charge in [-0.05, 0) is 58.8 Å². The first-order valence-corrected chi connectivity index (χ1v) is 10.1. The molecule has 3 aromatic carbocycles. The van der Waals surface area contributed by atoms with E-state index >= 15 is 0 Å². The minimum absolute atomic E-state index is 0.239. The summed E-state index contributed by atoms with van der Waals surface area (Å²) in [5.41, 5.74) is 9.39. The van der Waals surface area contributed by atoms with Crippen LogP contribution in [0.3, 0.4) is 0 Å². The van der Waals surface area contributed by atoms with Gasteiger partial charge in [0.25, 0.3) is 0 Å². The van der Waals surface area contributed by atoms with Gasteiger partial charge in [0.15, 0.2) is 0 Å². The highest BCUT2D eigenvalue weighted by Gasteiger charge is 2.20. The van der Waals surface area contributed by atoms with Crippen LogP contribution in [-0.4, -0.2) is 16.7 Å². The van der Waals surface area contributed by atoms with Crippen LogP contribution in [0.15, 0.2) is 71.1 Å². The molecule has 1 unspecified atom stereocenters. The molecule has 29 heavy (non-hydrogen) atoms. The molecule has 1 heterocycles. The van der Waals surface area contributed by atoms with E-state index in [-0.39, 0.29) is 5.41 Å². The lowest BCUT2D eigenvalue weighted by Crippen LogP contribution is -2.19. The number of hydrogen-bond donors (Lipinski definition) is 1. The van der Waals surface area contributed by atoms with Crippen LogP contribution < -0.4 is 5.73 Å². The Labute approximate surface area is 171 Å². The van der Waals surface area contributed by atoms with Gasteiger partial charge in [-0.3, -0.25) is 0 Å². The predicted octanol–water partition coefficient (Wildman–Crippen LogP) is 6.04. The Morgan fingerprint density at radius 1 is 0.862 bits per heavy atom. The second-order valence-corrected chi connectivity index (χ2v) is 8.76. The molecule has 0 spiro atoms. The van der Waals surface area contributed by atoms with E-state index < -0.39 is 0 Å². The highest BCUT2D eigenvalue weighted by atomic mass is 16.4. The number of rotatable bonds is 5. The average Bonchev–Trinajstić information content (AvgIpc) is 3.21. The van der Waals surface area contributed by atoms with Gasteiger partial charge in [-0.15, -0.1) is 10.2 Å². The molecule has 0 aliphatic heterocycles. The Morgan fingerprint density at radius 3 is 2.28 bits per heavy atom. The zero-order chi connectivity index (χ0) is 20.4. The van der Waals surface area contributed by atoms with Crippen molar-refractivity contribution in [2.24, 2.45) is 11.1 Å². The third-order valence-corrected chi connectivity index (χ3v) is 5.22. The maximum atomic E-state index is 6.03. The van der Waals surface area contributed by atoms with E-state index in [1.807, 2.05) is 36.4 Å². The van der Waals surface area contributed by atoms with Crippen LogP contribution >= 0.6 is 0 Å². The normalized spacial score (nSPS) is 13.0. The third-order valence-electron chi connectivity index (χ3n) is 5.22. The average molecular weight is 386 g/mol. The molecule has 2 N–H and O–H groups in total. The van der Waals surface area contributed by atoms with Crippen molar-refractivity contribution in [3.63, 3.8) is 0 Å². The maximum absolute atomic E-state index is 6.03. The molecule has 148 valence electrons. The number of benzene rings is 3. The first kappa shape index (κ1) is 19.3. The molecule has 1 atom stereocenters. The number of hydrogen-bond acceptors (Lipinski definition) is 4. The Bertz CT molecular complexity index is 1100. The van der Waals surface area contributed by atoms with Crippen molar-refractivity contribution >= 4 is 10.8 Å². The van der Waals surface area contributed by atoms with Gasteiger partial charge >= 0.3 is 0 Å². The monoisotopic (exact) mass is 385 g/mol. The molecule has 0 saturated carbocycles. The molecule has 0 aliphatic rings. The summed E-state index contributed by atoms with van der Waals surface area (Å²) in [6.07, 6.45) is 1.05. The Morgan fingerprint density at radius 2 is 1.55 bits per heavy atom. The summed E-state index contributed by atoms with van der Waals surface area (Å²) >= 11 is 0. The molecule has 0 bridgehead atoms. The van der Waals surface area contributed by atoms with E-state index in [4.69, 9.17) is 10.2 Å². The van der Waals surface area contributed by atoms with Crippen LogP contribution in [0.1, 0.15) is 38.7 Å². The van der Waals surface area contributed by atoms with E-state index in [1.165, 1.54) is 5.56 Å². The van der Waals surface area contributed by atoms with Crippen molar-refractivity contribution in [1.82, 2.24) is 10.2 Å². The molecule has 0 saturated heterocycles. The zero-order valence-corrected chi connectivity index (χ0v) is 17.2. The van der Waals surface area contributed by atoms with Crippen LogP contribution in [0.2, 0.25) is 0 Å². The molecule has 0 fully saturated rings. The quantitative estimate of drug-likeness (QED) is 0.455. The Kier molecular flexibility index (Phi) is 5.20. The summed E-state index contributed by atoms with van der Waals surface area (Å²) in [5.74, 6) is 1.41. The van der Waals surface area contributed by atoms with E-state index in [9.17, 15) is 0 Å². The van der Waals surface area contributed by atoms with Crippen molar-refractivity contribution in [3.05, 3.63) is 72.3 Å². The summed E-state index contributed by atoms with van der Waals surface area (Å²) in [6, 6.07) is 22.7. The fourth-order valence-corrected chi connectivity index (χ4v) is 3.83. The second kappa shape index (κ2) is 7.80. The molecule has 4 aromatic rings. The molecule has 1 aromatic heterocycles. The van der Waals surface area contributed by atoms with Gasteiger partial charge in [-0.1, -0.05) is 69.3 Å². The van der Waals surface area contributed by atoms with Crippen LogP contribution in [-0.2, 0) is 0 Å².